The van der Waals surface area contributed by atoms with Crippen molar-refractivity contribution in [3.63, 3.8) is 0 Å². The van der Waals surface area contributed by atoms with Gasteiger partial charge >= 0.3 is 5.97 Å². The third-order valence-corrected chi connectivity index (χ3v) is 5.35. The number of aliphatic carboxylic acids is 1. The highest BCUT2D eigenvalue weighted by Crippen LogP contribution is 2.15. The normalized spacial score (nSPS) is 12.5. The van der Waals surface area contributed by atoms with Gasteiger partial charge in [0.05, 0.1) is 0 Å². The largest absolute Gasteiger partial charge is 0.481 e. The summed E-state index contributed by atoms with van der Waals surface area (Å²) in [4.78, 5) is 16.8. The molecule has 140 valence electrons. The second-order valence-corrected chi connectivity index (χ2v) is 7.90. The van der Waals surface area contributed by atoms with E-state index in [9.17, 15) is 13.2 Å². The molecule has 0 amide bonds. The lowest BCUT2D eigenvalue weighted by Crippen LogP contribution is -2.37. The summed E-state index contributed by atoms with van der Waals surface area (Å²) < 4.78 is 27.9. The molecule has 1 unspecified atom stereocenters. The van der Waals surface area contributed by atoms with E-state index in [4.69, 9.17) is 5.11 Å². The number of hydrogen-bond donors (Lipinski definition) is 2. The van der Waals surface area contributed by atoms with E-state index in [1.807, 2.05) is 44.4 Å². The first-order valence-electron chi connectivity index (χ1n) is 8.19. The summed E-state index contributed by atoms with van der Waals surface area (Å²) in [6, 6.07) is 12.0. The van der Waals surface area contributed by atoms with E-state index in [0.717, 1.165) is 5.56 Å². The zero-order valence-electron chi connectivity index (χ0n) is 14.8. The van der Waals surface area contributed by atoms with Crippen LogP contribution in [0.25, 0.3) is 0 Å². The summed E-state index contributed by atoms with van der Waals surface area (Å²) in [6.45, 7) is 0. The third kappa shape index (κ3) is 5.82. The number of carboxylic acid groups (broad SMARTS) is 1. The van der Waals surface area contributed by atoms with Crippen LogP contribution in [0.4, 0.5) is 5.82 Å². The molecule has 0 saturated carbocycles. The lowest BCUT2D eigenvalue weighted by molar-refractivity contribution is -0.137. The average molecular weight is 377 g/mol. The standard InChI is InChI=1S/C18H23N3O4S/c1-21(2)17-10-9-16(13-19-17)26(24,25)20-15(8-11-18(22)23)12-14-6-4-3-5-7-14/h3-7,9-10,13,15,20H,8,11-12H2,1-2H3,(H,22,23). The maximum Gasteiger partial charge on any atom is 0.303 e. The molecule has 8 heteroatoms. The van der Waals surface area contributed by atoms with Crippen LogP contribution >= 0.6 is 0 Å². The molecule has 2 N–H and O–H groups in total. The summed E-state index contributed by atoms with van der Waals surface area (Å²) in [5, 5.41) is 8.93. The zero-order valence-corrected chi connectivity index (χ0v) is 15.6. The van der Waals surface area contributed by atoms with E-state index in [0.29, 0.717) is 12.2 Å². The number of carbonyl (C=O) groups is 1. The van der Waals surface area contributed by atoms with Crippen molar-refractivity contribution in [1.82, 2.24) is 9.71 Å². The van der Waals surface area contributed by atoms with Gasteiger partial charge in [0.1, 0.15) is 10.7 Å². The van der Waals surface area contributed by atoms with Crippen molar-refractivity contribution < 1.29 is 18.3 Å². The highest BCUT2D eigenvalue weighted by molar-refractivity contribution is 7.89. The Morgan fingerprint density at radius 2 is 1.88 bits per heavy atom. The molecule has 0 aliphatic carbocycles. The number of sulfonamides is 1. The van der Waals surface area contributed by atoms with E-state index < -0.39 is 22.0 Å². The van der Waals surface area contributed by atoms with Gasteiger partial charge in [0.25, 0.3) is 0 Å². The highest BCUT2D eigenvalue weighted by Gasteiger charge is 2.21. The predicted octanol–water partition coefficient (Wildman–Crippen LogP) is 1.90. The van der Waals surface area contributed by atoms with Crippen LogP contribution in [0.3, 0.4) is 0 Å². The fourth-order valence-electron chi connectivity index (χ4n) is 2.48. The van der Waals surface area contributed by atoms with Crippen LogP contribution in [0.1, 0.15) is 18.4 Å². The minimum atomic E-state index is -3.79. The molecule has 1 atom stereocenters. The van der Waals surface area contributed by atoms with Crippen LogP contribution in [0.15, 0.2) is 53.6 Å². The Balaban J connectivity index is 2.17. The minimum Gasteiger partial charge on any atom is -0.481 e. The van der Waals surface area contributed by atoms with E-state index in [1.54, 1.807) is 11.0 Å². The zero-order chi connectivity index (χ0) is 19.2. The number of hydrogen-bond acceptors (Lipinski definition) is 5. The van der Waals surface area contributed by atoms with E-state index >= 15 is 0 Å². The van der Waals surface area contributed by atoms with Crippen LogP contribution in [-0.4, -0.2) is 44.6 Å². The molecule has 7 nitrogen and oxygen atoms in total. The molecule has 0 saturated heterocycles. The Morgan fingerprint density at radius 3 is 2.42 bits per heavy atom. The fourth-order valence-corrected chi connectivity index (χ4v) is 3.70. The van der Waals surface area contributed by atoms with Crippen molar-refractivity contribution in [1.29, 1.82) is 0 Å². The van der Waals surface area contributed by atoms with Crippen molar-refractivity contribution in [3.05, 3.63) is 54.2 Å². The number of carboxylic acids is 1. The van der Waals surface area contributed by atoms with Crippen molar-refractivity contribution >= 4 is 21.8 Å². The third-order valence-electron chi connectivity index (χ3n) is 3.84. The van der Waals surface area contributed by atoms with E-state index in [2.05, 4.69) is 9.71 Å². The minimum absolute atomic E-state index is 0.0523. The van der Waals surface area contributed by atoms with Gasteiger partial charge in [0.15, 0.2) is 0 Å². The van der Waals surface area contributed by atoms with Crippen LogP contribution in [0.2, 0.25) is 0 Å². The quantitative estimate of drug-likeness (QED) is 0.692. The number of pyridine rings is 1. The van der Waals surface area contributed by atoms with Gasteiger partial charge in [-0.3, -0.25) is 4.79 Å². The molecule has 26 heavy (non-hydrogen) atoms. The molecule has 0 aliphatic rings. The Kier molecular flexibility index (Phi) is 6.70. The first-order chi connectivity index (χ1) is 12.3. The van der Waals surface area contributed by atoms with E-state index in [-0.39, 0.29) is 17.7 Å². The summed E-state index contributed by atoms with van der Waals surface area (Å²) in [6.07, 6.45) is 1.80. The van der Waals surface area contributed by atoms with Gasteiger partial charge in [-0.2, -0.15) is 0 Å². The fraction of sp³-hybridized carbons (Fsp3) is 0.333. The lowest BCUT2D eigenvalue weighted by Gasteiger charge is -2.19. The Bertz CT molecular complexity index is 821. The van der Waals surface area contributed by atoms with Crippen molar-refractivity contribution in [3.8, 4) is 0 Å². The molecule has 2 rings (SSSR count). The van der Waals surface area contributed by atoms with E-state index in [1.165, 1.54) is 12.3 Å². The second kappa shape index (κ2) is 8.77. The van der Waals surface area contributed by atoms with Gasteiger partial charge < -0.3 is 10.0 Å². The molecule has 2 aromatic rings. The molecule has 0 bridgehead atoms. The van der Waals surface area contributed by atoms with Gasteiger partial charge in [0.2, 0.25) is 10.0 Å². The molecule has 0 aliphatic heterocycles. The molecule has 0 radical (unpaired) electrons. The Labute approximate surface area is 153 Å². The summed E-state index contributed by atoms with van der Waals surface area (Å²) in [5.74, 6) is -0.310. The Hall–Kier alpha value is -2.45. The first kappa shape index (κ1) is 19.9. The number of anilines is 1. The van der Waals surface area contributed by atoms with Crippen molar-refractivity contribution in [2.24, 2.45) is 0 Å². The van der Waals surface area contributed by atoms with Crippen LogP contribution in [0.5, 0.6) is 0 Å². The SMILES string of the molecule is CN(C)c1ccc(S(=O)(=O)NC(CCC(=O)O)Cc2ccccc2)cn1. The maximum absolute atomic E-state index is 12.6. The molecular weight excluding hydrogens is 354 g/mol. The summed E-state index contributed by atoms with van der Waals surface area (Å²) >= 11 is 0. The summed E-state index contributed by atoms with van der Waals surface area (Å²) in [7, 11) is -0.162. The van der Waals surface area contributed by atoms with Gasteiger partial charge in [-0.15, -0.1) is 0 Å². The monoisotopic (exact) mass is 377 g/mol. The van der Waals surface area contributed by atoms with Crippen LogP contribution < -0.4 is 9.62 Å². The van der Waals surface area contributed by atoms with Crippen LogP contribution in [-0.2, 0) is 21.2 Å². The van der Waals surface area contributed by atoms with Gasteiger partial charge in [-0.1, -0.05) is 30.3 Å². The van der Waals surface area contributed by atoms with Crippen molar-refractivity contribution in [2.75, 3.05) is 19.0 Å². The molecule has 1 heterocycles. The Morgan fingerprint density at radius 1 is 1.19 bits per heavy atom. The number of rotatable bonds is 9. The number of nitrogens with zero attached hydrogens (tertiary/aromatic N) is 2. The number of benzene rings is 1. The van der Waals surface area contributed by atoms with Crippen LogP contribution in [0, 0.1) is 0 Å². The average Bonchev–Trinajstić information content (AvgIpc) is 2.60. The van der Waals surface area contributed by atoms with Gasteiger partial charge in [-0.25, -0.2) is 18.1 Å². The predicted molar refractivity (Wildman–Crippen MR) is 99.7 cm³/mol. The number of nitrogens with one attached hydrogen (secondary N) is 1. The summed E-state index contributed by atoms with van der Waals surface area (Å²) in [5.41, 5.74) is 0.937. The second-order valence-electron chi connectivity index (χ2n) is 6.19. The molecular formula is C18H23N3O4S. The number of aromatic nitrogens is 1. The maximum atomic E-state index is 12.6. The smallest absolute Gasteiger partial charge is 0.303 e. The van der Waals surface area contributed by atoms with Crippen molar-refractivity contribution in [2.45, 2.75) is 30.2 Å². The highest BCUT2D eigenvalue weighted by atomic mass is 32.2. The molecule has 0 spiro atoms. The molecule has 1 aromatic carbocycles. The molecule has 1 aromatic heterocycles. The topological polar surface area (TPSA) is 99.6 Å². The first-order valence-corrected chi connectivity index (χ1v) is 9.67. The lowest BCUT2D eigenvalue weighted by atomic mass is 10.0. The molecule has 0 fully saturated rings. The van der Waals surface area contributed by atoms with Gasteiger partial charge in [0, 0.05) is 32.8 Å². The van der Waals surface area contributed by atoms with Gasteiger partial charge in [-0.05, 0) is 30.5 Å².